The van der Waals surface area contributed by atoms with Gasteiger partial charge in [-0.1, -0.05) is 5.16 Å². The van der Waals surface area contributed by atoms with E-state index < -0.39 is 15.9 Å². The third kappa shape index (κ3) is 5.28. The number of benzene rings is 1. The highest BCUT2D eigenvalue weighted by Crippen LogP contribution is 2.18. The van der Waals surface area contributed by atoms with E-state index in [1.54, 1.807) is 6.92 Å². The maximum absolute atomic E-state index is 13.3. The van der Waals surface area contributed by atoms with Crippen molar-refractivity contribution in [2.24, 2.45) is 4.99 Å². The predicted molar refractivity (Wildman–Crippen MR) is 89.7 cm³/mol. The Morgan fingerprint density at radius 1 is 1.46 bits per heavy atom. The van der Waals surface area contributed by atoms with Crippen LogP contribution < -0.4 is 10.2 Å². The van der Waals surface area contributed by atoms with E-state index >= 15 is 0 Å². The molecule has 0 aliphatic heterocycles. The van der Waals surface area contributed by atoms with Crippen LogP contribution in [0.5, 0.6) is 0 Å². The second kappa shape index (κ2) is 8.78. The largest absolute Gasteiger partial charge is 0.290 e. The van der Waals surface area contributed by atoms with E-state index in [1.165, 1.54) is 18.2 Å². The summed E-state index contributed by atoms with van der Waals surface area (Å²) < 4.78 is 51.0. The number of rotatable bonds is 8. The van der Waals surface area contributed by atoms with Crippen molar-refractivity contribution in [3.05, 3.63) is 41.0 Å². The van der Waals surface area contributed by atoms with E-state index in [-0.39, 0.29) is 30.3 Å². The van der Waals surface area contributed by atoms with Gasteiger partial charge in [0.15, 0.2) is 17.5 Å². The average Bonchev–Trinajstić information content (AvgIpc) is 3.08. The summed E-state index contributed by atoms with van der Waals surface area (Å²) in [6.45, 7) is 1.70. The number of aromatic nitrogens is 2. The van der Waals surface area contributed by atoms with E-state index in [2.05, 4.69) is 24.7 Å². The normalized spacial score (nSPS) is 14.2. The Kier molecular flexibility index (Phi) is 6.71. The summed E-state index contributed by atoms with van der Waals surface area (Å²) in [5, 5.41) is 16.7. The summed E-state index contributed by atoms with van der Waals surface area (Å²) in [5.74, 6) is -0.425. The zero-order valence-electron chi connectivity index (χ0n) is 13.8. The fourth-order valence-electron chi connectivity index (χ4n) is 2.04. The molecule has 4 N–H and O–H groups in total. The Hall–Kier alpha value is -2.44. The molecule has 0 fully saturated rings. The Bertz CT molecular complexity index is 885. The van der Waals surface area contributed by atoms with Gasteiger partial charge in [0.1, 0.15) is 21.4 Å². The number of aliphatic imine (C=N–C) groups is 1. The number of hydrogen-bond donors (Lipinski definition) is 4. The van der Waals surface area contributed by atoms with Gasteiger partial charge < -0.3 is 0 Å². The molecule has 2 rings (SSSR count). The summed E-state index contributed by atoms with van der Waals surface area (Å²) in [4.78, 5) is 4.15. The fraction of sp³-hybridized carbons (Fsp3) is 0.357. The molecule has 0 bridgehead atoms. The van der Waals surface area contributed by atoms with Crippen molar-refractivity contribution in [2.75, 3.05) is 12.6 Å². The third-order valence-electron chi connectivity index (χ3n) is 3.35. The molecule has 1 aromatic heterocycles. The summed E-state index contributed by atoms with van der Waals surface area (Å²) in [6.07, 6.45) is 0.655. The van der Waals surface area contributed by atoms with Crippen molar-refractivity contribution < 1.29 is 22.8 Å². The lowest BCUT2D eigenvalue weighted by Gasteiger charge is -2.06. The van der Waals surface area contributed by atoms with Gasteiger partial charge >= 0.3 is 0 Å². The molecule has 1 unspecified atom stereocenters. The van der Waals surface area contributed by atoms with Crippen LogP contribution in [0.1, 0.15) is 23.4 Å². The van der Waals surface area contributed by atoms with Gasteiger partial charge in [-0.05, 0) is 48.7 Å². The maximum Gasteiger partial charge on any atom is 0.186 e. The van der Waals surface area contributed by atoms with Crippen molar-refractivity contribution in [1.29, 1.82) is 4.78 Å². The minimum Gasteiger partial charge on any atom is -0.290 e. The van der Waals surface area contributed by atoms with Gasteiger partial charge in [-0.15, -0.1) is 0 Å². The van der Waals surface area contributed by atoms with E-state index in [4.69, 9.17) is 4.78 Å². The van der Waals surface area contributed by atoms with Crippen LogP contribution in [0.2, 0.25) is 0 Å². The zero-order valence-corrected chi connectivity index (χ0v) is 14.6. The summed E-state index contributed by atoms with van der Waals surface area (Å²) in [6, 6.07) is 2.90. The first-order chi connectivity index (χ1) is 12.4. The van der Waals surface area contributed by atoms with E-state index in [0.717, 1.165) is 0 Å². The Balaban J connectivity index is 2.11. The first-order valence-electron chi connectivity index (χ1n) is 7.50. The molecule has 0 aliphatic carbocycles. The molecule has 0 amide bonds. The molecule has 142 valence electrons. The number of hydroxylamine groups is 1. The van der Waals surface area contributed by atoms with Crippen molar-refractivity contribution >= 4 is 21.4 Å². The number of hydrogen-bond acceptors (Lipinski definition) is 7. The van der Waals surface area contributed by atoms with Gasteiger partial charge in [0.25, 0.3) is 0 Å². The number of nitrogens with one attached hydrogen (secondary N) is 3. The molecule has 0 radical (unpaired) electrons. The Morgan fingerprint density at radius 2 is 2.23 bits per heavy atom. The summed E-state index contributed by atoms with van der Waals surface area (Å²) in [5.41, 5.74) is 3.17. The zero-order chi connectivity index (χ0) is 19.2. The second-order valence-electron chi connectivity index (χ2n) is 5.35. The molecule has 0 saturated heterocycles. The SMILES string of the molecule is Cc1cc(N=C(NO)c2nonc2CCCNS(=N)(=O)CF)ccc1F. The van der Waals surface area contributed by atoms with Crippen LogP contribution in [0.3, 0.4) is 0 Å². The van der Waals surface area contributed by atoms with Crippen molar-refractivity contribution in [1.82, 2.24) is 20.5 Å². The third-order valence-corrected chi connectivity index (χ3v) is 4.33. The summed E-state index contributed by atoms with van der Waals surface area (Å²) >= 11 is 0. The molecule has 9 nitrogen and oxygen atoms in total. The molecule has 1 heterocycles. The number of nitrogens with zero attached hydrogens (tertiary/aromatic N) is 3. The molecule has 0 aliphatic rings. The Labute approximate surface area is 148 Å². The lowest BCUT2D eigenvalue weighted by Crippen LogP contribution is -2.25. The van der Waals surface area contributed by atoms with Crippen LogP contribution in [0.15, 0.2) is 27.8 Å². The maximum atomic E-state index is 13.3. The smallest absolute Gasteiger partial charge is 0.186 e. The lowest BCUT2D eigenvalue weighted by molar-refractivity contribution is 0.234. The molecule has 0 spiro atoms. The quantitative estimate of drug-likeness (QED) is 0.236. The summed E-state index contributed by atoms with van der Waals surface area (Å²) in [7, 11) is -3.42. The first-order valence-corrected chi connectivity index (χ1v) is 9.23. The van der Waals surface area contributed by atoms with Crippen LogP contribution in [0.25, 0.3) is 0 Å². The molecule has 0 saturated carbocycles. The van der Waals surface area contributed by atoms with Crippen molar-refractivity contribution in [3.8, 4) is 0 Å². The first kappa shape index (κ1) is 19.9. The van der Waals surface area contributed by atoms with Gasteiger partial charge in [0.05, 0.1) is 5.69 Å². The standard InChI is InChI=1S/C14H18F2N6O3S/c1-9-7-10(4-5-11(9)16)19-14(20-23)13-12(21-25-22-13)3-2-6-18-26(17,24)8-15/h4-5,7,23H,2-3,6,8H2,1H3,(H,19,20)(H2,17,18,24). The minimum absolute atomic E-state index is 0.0479. The molecule has 1 atom stereocenters. The van der Waals surface area contributed by atoms with E-state index in [9.17, 15) is 18.2 Å². The molecule has 12 heteroatoms. The van der Waals surface area contributed by atoms with Crippen LogP contribution in [0, 0.1) is 17.5 Å². The van der Waals surface area contributed by atoms with E-state index in [1.807, 2.05) is 5.48 Å². The number of alkyl halides is 1. The highest BCUT2D eigenvalue weighted by molar-refractivity contribution is 7.90. The minimum atomic E-state index is -3.42. The van der Waals surface area contributed by atoms with Gasteiger partial charge in [0, 0.05) is 6.54 Å². The molecular formula is C14H18F2N6O3S. The average molecular weight is 388 g/mol. The van der Waals surface area contributed by atoms with Crippen LogP contribution in [-0.2, 0) is 16.3 Å². The highest BCUT2D eigenvalue weighted by atomic mass is 32.2. The lowest BCUT2D eigenvalue weighted by atomic mass is 10.2. The molecule has 2 aromatic rings. The van der Waals surface area contributed by atoms with Crippen LogP contribution >= 0.6 is 0 Å². The second-order valence-corrected chi connectivity index (χ2v) is 7.20. The number of halogens is 2. The van der Waals surface area contributed by atoms with E-state index in [0.29, 0.717) is 23.4 Å². The van der Waals surface area contributed by atoms with Gasteiger partial charge in [0.2, 0.25) is 0 Å². The molecule has 26 heavy (non-hydrogen) atoms. The van der Waals surface area contributed by atoms with Crippen molar-refractivity contribution in [2.45, 2.75) is 19.8 Å². The topological polar surface area (TPSA) is 136 Å². The van der Waals surface area contributed by atoms with Gasteiger partial charge in [-0.2, -0.15) is 0 Å². The number of aryl methyl sites for hydroxylation is 2. The van der Waals surface area contributed by atoms with Crippen LogP contribution in [0.4, 0.5) is 14.5 Å². The molecular weight excluding hydrogens is 370 g/mol. The monoisotopic (exact) mass is 388 g/mol. The van der Waals surface area contributed by atoms with Crippen molar-refractivity contribution in [3.63, 3.8) is 0 Å². The Morgan fingerprint density at radius 3 is 2.88 bits per heavy atom. The number of amidine groups is 1. The predicted octanol–water partition coefficient (Wildman–Crippen LogP) is 1.99. The van der Waals surface area contributed by atoms with Crippen LogP contribution in [-0.4, -0.2) is 38.1 Å². The highest BCUT2D eigenvalue weighted by Gasteiger charge is 2.16. The van der Waals surface area contributed by atoms with Gasteiger partial charge in [-0.25, -0.2) is 32.1 Å². The molecule has 1 aromatic carbocycles. The van der Waals surface area contributed by atoms with Gasteiger partial charge in [-0.3, -0.25) is 10.7 Å². The fourth-order valence-corrected chi connectivity index (χ4v) is 2.59.